The van der Waals surface area contributed by atoms with Crippen LogP contribution in [0.4, 0.5) is 0 Å². The summed E-state index contributed by atoms with van der Waals surface area (Å²) in [6.07, 6.45) is 5.41. The third-order valence-electron chi connectivity index (χ3n) is 2.90. The van der Waals surface area contributed by atoms with E-state index in [1.807, 2.05) is 0 Å². The lowest BCUT2D eigenvalue weighted by atomic mass is 10.1. The molecule has 0 amide bonds. The summed E-state index contributed by atoms with van der Waals surface area (Å²) in [6.45, 7) is 6.24. The first-order valence-electron chi connectivity index (χ1n) is 6.16. The first-order valence-corrected chi connectivity index (χ1v) is 6.16. The summed E-state index contributed by atoms with van der Waals surface area (Å²) in [5.41, 5.74) is 3.99. The van der Waals surface area contributed by atoms with Crippen LogP contribution < -0.4 is 5.32 Å². The highest BCUT2D eigenvalue weighted by molar-refractivity contribution is 5.83. The number of benzene rings is 1. The number of aromatic nitrogens is 1. The van der Waals surface area contributed by atoms with Gasteiger partial charge in [0, 0.05) is 23.6 Å². The van der Waals surface area contributed by atoms with Crippen molar-refractivity contribution < 1.29 is 0 Å². The highest BCUT2D eigenvalue weighted by atomic mass is 14.8. The molecule has 2 aromatic rings. The van der Waals surface area contributed by atoms with E-state index in [1.54, 1.807) is 0 Å². The standard InChI is InChI=1S/C15H20N2/c1-12(2)7-9-16-10-8-13-11-17-15-6-4-3-5-14(13)15/h3-7,11,16-17H,8-10H2,1-2H3. The molecule has 0 saturated carbocycles. The van der Waals surface area contributed by atoms with Gasteiger partial charge in [0.05, 0.1) is 0 Å². The molecule has 0 spiro atoms. The van der Waals surface area contributed by atoms with E-state index >= 15 is 0 Å². The fraction of sp³-hybridized carbons (Fsp3) is 0.333. The summed E-state index contributed by atoms with van der Waals surface area (Å²) in [5, 5.41) is 4.77. The minimum absolute atomic E-state index is 0.963. The molecule has 90 valence electrons. The van der Waals surface area contributed by atoms with Gasteiger partial charge in [0.2, 0.25) is 0 Å². The van der Waals surface area contributed by atoms with Gasteiger partial charge in [0.15, 0.2) is 0 Å². The van der Waals surface area contributed by atoms with Crippen molar-refractivity contribution in [1.82, 2.24) is 10.3 Å². The molecule has 0 fully saturated rings. The van der Waals surface area contributed by atoms with Crippen LogP contribution in [0.15, 0.2) is 42.1 Å². The predicted molar refractivity (Wildman–Crippen MR) is 74.3 cm³/mol. The number of nitrogens with one attached hydrogen (secondary N) is 2. The van der Waals surface area contributed by atoms with Gasteiger partial charge in [-0.3, -0.25) is 0 Å². The lowest BCUT2D eigenvalue weighted by molar-refractivity contribution is 0.744. The van der Waals surface area contributed by atoms with Crippen molar-refractivity contribution in [2.75, 3.05) is 13.1 Å². The summed E-state index contributed by atoms with van der Waals surface area (Å²) < 4.78 is 0. The summed E-state index contributed by atoms with van der Waals surface area (Å²) in [6, 6.07) is 8.46. The number of hydrogen-bond donors (Lipinski definition) is 2. The van der Waals surface area contributed by atoms with E-state index in [2.05, 4.69) is 60.7 Å². The van der Waals surface area contributed by atoms with E-state index in [4.69, 9.17) is 0 Å². The maximum Gasteiger partial charge on any atom is 0.0456 e. The molecule has 0 saturated heterocycles. The Bertz CT molecular complexity index is 504. The number of hydrogen-bond acceptors (Lipinski definition) is 1. The molecule has 0 aliphatic rings. The first-order chi connectivity index (χ1) is 8.27. The van der Waals surface area contributed by atoms with Crippen LogP contribution in [0.2, 0.25) is 0 Å². The second kappa shape index (κ2) is 5.69. The van der Waals surface area contributed by atoms with Crippen LogP contribution in [0.5, 0.6) is 0 Å². The highest BCUT2D eigenvalue weighted by Gasteiger charge is 2.01. The second-order valence-electron chi connectivity index (χ2n) is 4.60. The summed E-state index contributed by atoms with van der Waals surface area (Å²) in [7, 11) is 0. The van der Waals surface area contributed by atoms with E-state index in [9.17, 15) is 0 Å². The smallest absolute Gasteiger partial charge is 0.0456 e. The number of allylic oxidation sites excluding steroid dienone is 1. The van der Waals surface area contributed by atoms with Gasteiger partial charge in [-0.1, -0.05) is 29.8 Å². The maximum atomic E-state index is 3.43. The van der Waals surface area contributed by atoms with Crippen LogP contribution in [0, 0.1) is 0 Å². The summed E-state index contributed by atoms with van der Waals surface area (Å²) in [4.78, 5) is 3.31. The largest absolute Gasteiger partial charge is 0.361 e. The van der Waals surface area contributed by atoms with Gasteiger partial charge in [-0.05, 0) is 38.4 Å². The normalized spacial score (nSPS) is 10.7. The van der Waals surface area contributed by atoms with Crippen molar-refractivity contribution in [3.63, 3.8) is 0 Å². The van der Waals surface area contributed by atoms with E-state index < -0.39 is 0 Å². The minimum atomic E-state index is 0.963. The van der Waals surface area contributed by atoms with Gasteiger partial charge in [0.25, 0.3) is 0 Å². The zero-order valence-corrected chi connectivity index (χ0v) is 10.6. The van der Waals surface area contributed by atoms with E-state index in [-0.39, 0.29) is 0 Å². The molecule has 0 aliphatic heterocycles. The number of aromatic amines is 1. The van der Waals surface area contributed by atoms with E-state index in [0.29, 0.717) is 0 Å². The van der Waals surface area contributed by atoms with Gasteiger partial charge in [-0.25, -0.2) is 0 Å². The fourth-order valence-electron chi connectivity index (χ4n) is 1.94. The Hall–Kier alpha value is -1.54. The number of fused-ring (bicyclic) bond motifs is 1. The monoisotopic (exact) mass is 228 g/mol. The summed E-state index contributed by atoms with van der Waals surface area (Å²) >= 11 is 0. The van der Waals surface area contributed by atoms with E-state index in [1.165, 1.54) is 22.0 Å². The Kier molecular flexibility index (Phi) is 3.99. The molecule has 0 atom stereocenters. The Morgan fingerprint density at radius 2 is 2.12 bits per heavy atom. The average molecular weight is 228 g/mol. The van der Waals surface area contributed by atoms with Crippen LogP contribution in [0.3, 0.4) is 0 Å². The Morgan fingerprint density at radius 3 is 2.94 bits per heavy atom. The van der Waals surface area contributed by atoms with Crippen molar-refractivity contribution in [1.29, 1.82) is 0 Å². The number of H-pyrrole nitrogens is 1. The Labute approximate surface area is 103 Å². The second-order valence-corrected chi connectivity index (χ2v) is 4.60. The Balaban J connectivity index is 1.89. The van der Waals surface area contributed by atoms with Crippen LogP contribution in [-0.4, -0.2) is 18.1 Å². The summed E-state index contributed by atoms with van der Waals surface area (Å²) in [5.74, 6) is 0. The SMILES string of the molecule is CC(C)=CCNCCc1c[nH]c2ccccc12. The molecule has 2 rings (SSSR count). The number of rotatable bonds is 5. The van der Waals surface area contributed by atoms with Crippen molar-refractivity contribution >= 4 is 10.9 Å². The topological polar surface area (TPSA) is 27.8 Å². The third-order valence-corrected chi connectivity index (χ3v) is 2.90. The molecule has 0 bridgehead atoms. The van der Waals surface area contributed by atoms with Crippen molar-refractivity contribution in [3.05, 3.63) is 47.7 Å². The first kappa shape index (κ1) is 11.9. The zero-order valence-electron chi connectivity index (χ0n) is 10.6. The predicted octanol–water partition coefficient (Wildman–Crippen LogP) is 3.27. The van der Waals surface area contributed by atoms with Gasteiger partial charge in [-0.2, -0.15) is 0 Å². The molecule has 2 heteroatoms. The van der Waals surface area contributed by atoms with Crippen molar-refractivity contribution in [2.24, 2.45) is 0 Å². The average Bonchev–Trinajstić information content (AvgIpc) is 2.72. The molecule has 0 unspecified atom stereocenters. The molecule has 1 aromatic carbocycles. The molecular weight excluding hydrogens is 208 g/mol. The molecule has 1 aromatic heterocycles. The van der Waals surface area contributed by atoms with Gasteiger partial charge in [-0.15, -0.1) is 0 Å². The van der Waals surface area contributed by atoms with Crippen molar-refractivity contribution in [3.8, 4) is 0 Å². The molecular formula is C15H20N2. The molecule has 0 aliphatic carbocycles. The van der Waals surface area contributed by atoms with Crippen LogP contribution in [0.1, 0.15) is 19.4 Å². The maximum absolute atomic E-state index is 3.43. The van der Waals surface area contributed by atoms with Crippen LogP contribution in [0.25, 0.3) is 10.9 Å². The van der Waals surface area contributed by atoms with E-state index in [0.717, 1.165) is 19.5 Å². The minimum Gasteiger partial charge on any atom is -0.361 e. The van der Waals surface area contributed by atoms with Crippen molar-refractivity contribution in [2.45, 2.75) is 20.3 Å². The molecule has 2 N–H and O–H groups in total. The number of para-hydroxylation sites is 1. The van der Waals surface area contributed by atoms with Gasteiger partial charge in [0.1, 0.15) is 0 Å². The van der Waals surface area contributed by atoms with Crippen LogP contribution >= 0.6 is 0 Å². The van der Waals surface area contributed by atoms with Crippen LogP contribution in [-0.2, 0) is 6.42 Å². The third kappa shape index (κ3) is 3.21. The lowest BCUT2D eigenvalue weighted by Gasteiger charge is -2.01. The molecule has 2 nitrogen and oxygen atoms in total. The van der Waals surface area contributed by atoms with Gasteiger partial charge < -0.3 is 10.3 Å². The quantitative estimate of drug-likeness (QED) is 0.596. The molecule has 17 heavy (non-hydrogen) atoms. The molecule has 1 heterocycles. The molecule has 0 radical (unpaired) electrons. The zero-order chi connectivity index (χ0) is 12.1. The Morgan fingerprint density at radius 1 is 1.29 bits per heavy atom. The fourth-order valence-corrected chi connectivity index (χ4v) is 1.94. The lowest BCUT2D eigenvalue weighted by Crippen LogP contribution is -2.17. The highest BCUT2D eigenvalue weighted by Crippen LogP contribution is 2.17. The van der Waals surface area contributed by atoms with Gasteiger partial charge >= 0.3 is 0 Å².